The number of rotatable bonds is 1. The van der Waals surface area contributed by atoms with Gasteiger partial charge in [-0.2, -0.15) is 9.65 Å². The topological polar surface area (TPSA) is 36.7 Å². The largest absolute Gasteiger partial charge is 0.265 e. The van der Waals surface area contributed by atoms with Gasteiger partial charge in [-0.3, -0.25) is 0 Å². The third-order valence-corrected chi connectivity index (χ3v) is 1.23. The highest BCUT2D eigenvalue weighted by atomic mass is 19.3. The van der Waals surface area contributed by atoms with Crippen molar-refractivity contribution in [2.45, 2.75) is 6.43 Å². The molecule has 0 aliphatic heterocycles. The first-order valence-corrected chi connectivity index (χ1v) is 2.99. The molecule has 0 amide bonds. The molecule has 0 bridgehead atoms. The second kappa shape index (κ2) is 3.22. The van der Waals surface area contributed by atoms with E-state index in [1.165, 1.54) is 6.07 Å². The van der Waals surface area contributed by atoms with E-state index in [2.05, 4.69) is 4.98 Å². The lowest BCUT2D eigenvalue weighted by Crippen LogP contribution is -1.93. The second-order valence-corrected chi connectivity index (χ2v) is 2.02. The minimum Gasteiger partial charge on any atom is -0.227 e. The Labute approximate surface area is 66.3 Å². The number of aromatic nitrogens is 1. The van der Waals surface area contributed by atoms with Crippen molar-refractivity contribution >= 4 is 0 Å². The molecule has 0 fully saturated rings. The van der Waals surface area contributed by atoms with Gasteiger partial charge in [0, 0.05) is 11.8 Å². The highest BCUT2D eigenvalue weighted by Crippen LogP contribution is 2.18. The van der Waals surface area contributed by atoms with Crippen molar-refractivity contribution in [2.75, 3.05) is 0 Å². The molecule has 0 saturated heterocycles. The van der Waals surface area contributed by atoms with Crippen LogP contribution in [0.5, 0.6) is 0 Å². The normalized spacial score (nSPS) is 9.92. The number of nitriles is 1. The highest BCUT2D eigenvalue weighted by Gasteiger charge is 2.11. The minimum atomic E-state index is -2.73. The van der Waals surface area contributed by atoms with Crippen LogP contribution in [-0.2, 0) is 0 Å². The van der Waals surface area contributed by atoms with Gasteiger partial charge in [-0.15, -0.1) is 0 Å². The Bertz CT molecular complexity index is 330. The van der Waals surface area contributed by atoms with Crippen molar-refractivity contribution in [2.24, 2.45) is 0 Å². The van der Waals surface area contributed by atoms with Crippen LogP contribution in [0, 0.1) is 17.3 Å². The molecule has 0 N–H and O–H groups in total. The summed E-state index contributed by atoms with van der Waals surface area (Å²) in [5.74, 6) is -1.03. The average Bonchev–Trinajstić information content (AvgIpc) is 2.05. The van der Waals surface area contributed by atoms with E-state index < -0.39 is 23.5 Å². The van der Waals surface area contributed by atoms with Gasteiger partial charge in [-0.25, -0.2) is 13.8 Å². The fourth-order valence-corrected chi connectivity index (χ4v) is 0.662. The third kappa shape index (κ3) is 1.53. The number of alkyl halides is 2. The van der Waals surface area contributed by atoms with Gasteiger partial charge in [-0.1, -0.05) is 0 Å². The van der Waals surface area contributed by atoms with Crippen LogP contribution in [0.25, 0.3) is 0 Å². The van der Waals surface area contributed by atoms with Crippen molar-refractivity contribution in [3.63, 3.8) is 0 Å². The highest BCUT2D eigenvalue weighted by molar-refractivity contribution is 5.30. The van der Waals surface area contributed by atoms with E-state index in [1.54, 1.807) is 0 Å². The molecule has 62 valence electrons. The standard InChI is InChI=1S/C7H3F3N2/c8-6(9)5-1-4(2-11)7(10)12-3-5/h1,3,6H. The van der Waals surface area contributed by atoms with Crippen molar-refractivity contribution in [3.8, 4) is 6.07 Å². The van der Waals surface area contributed by atoms with E-state index >= 15 is 0 Å². The molecule has 0 aliphatic rings. The first-order chi connectivity index (χ1) is 5.65. The third-order valence-electron chi connectivity index (χ3n) is 1.23. The fraction of sp³-hybridized carbons (Fsp3) is 0.143. The summed E-state index contributed by atoms with van der Waals surface area (Å²) in [6.07, 6.45) is -2.02. The number of hydrogen-bond acceptors (Lipinski definition) is 2. The van der Waals surface area contributed by atoms with Crippen molar-refractivity contribution in [1.29, 1.82) is 5.26 Å². The van der Waals surface area contributed by atoms with E-state index in [9.17, 15) is 13.2 Å². The van der Waals surface area contributed by atoms with Crippen LogP contribution in [0.2, 0.25) is 0 Å². The number of pyridine rings is 1. The van der Waals surface area contributed by atoms with Crippen LogP contribution >= 0.6 is 0 Å². The van der Waals surface area contributed by atoms with Crippen LogP contribution in [0.4, 0.5) is 13.2 Å². The first kappa shape index (κ1) is 8.53. The lowest BCUT2D eigenvalue weighted by Gasteiger charge is -1.98. The first-order valence-electron chi connectivity index (χ1n) is 2.99. The molecule has 1 rings (SSSR count). The summed E-state index contributed by atoms with van der Waals surface area (Å²) < 4.78 is 36.3. The van der Waals surface area contributed by atoms with Crippen LogP contribution < -0.4 is 0 Å². The predicted molar refractivity (Wildman–Crippen MR) is 33.9 cm³/mol. The summed E-state index contributed by atoms with van der Waals surface area (Å²) in [5.41, 5.74) is -0.916. The molecule has 0 spiro atoms. The van der Waals surface area contributed by atoms with Gasteiger partial charge in [0.05, 0.1) is 0 Å². The molecule has 0 radical (unpaired) electrons. The Morgan fingerprint density at radius 3 is 2.67 bits per heavy atom. The number of hydrogen-bond donors (Lipinski definition) is 0. The number of nitrogens with zero attached hydrogens (tertiary/aromatic N) is 2. The van der Waals surface area contributed by atoms with Gasteiger partial charge in [-0.05, 0) is 6.07 Å². The molecule has 1 aromatic rings. The Hall–Kier alpha value is -1.57. The van der Waals surface area contributed by atoms with Crippen molar-refractivity contribution in [1.82, 2.24) is 4.98 Å². The molecule has 0 unspecified atom stereocenters. The fourth-order valence-electron chi connectivity index (χ4n) is 0.662. The lowest BCUT2D eigenvalue weighted by molar-refractivity contribution is 0.150. The van der Waals surface area contributed by atoms with Crippen LogP contribution in [0.3, 0.4) is 0 Å². The molecule has 0 atom stereocenters. The molecular weight excluding hydrogens is 169 g/mol. The summed E-state index contributed by atoms with van der Waals surface area (Å²) in [6, 6.07) is 2.20. The van der Waals surface area contributed by atoms with Gasteiger partial charge >= 0.3 is 0 Å². The van der Waals surface area contributed by atoms with E-state index in [4.69, 9.17) is 5.26 Å². The summed E-state index contributed by atoms with van der Waals surface area (Å²) in [6.45, 7) is 0. The van der Waals surface area contributed by atoms with Crippen molar-refractivity contribution < 1.29 is 13.2 Å². The molecular formula is C7H3F3N2. The van der Waals surface area contributed by atoms with E-state index in [-0.39, 0.29) is 0 Å². The summed E-state index contributed by atoms with van der Waals surface area (Å²) >= 11 is 0. The monoisotopic (exact) mass is 172 g/mol. The van der Waals surface area contributed by atoms with Gasteiger partial charge in [0.25, 0.3) is 6.43 Å². The maximum atomic E-state index is 12.5. The molecule has 0 aliphatic carbocycles. The van der Waals surface area contributed by atoms with Crippen molar-refractivity contribution in [3.05, 3.63) is 29.3 Å². The summed E-state index contributed by atoms with van der Waals surface area (Å²) in [5, 5.41) is 8.25. The zero-order valence-corrected chi connectivity index (χ0v) is 5.76. The predicted octanol–water partition coefficient (Wildman–Crippen LogP) is 2.03. The molecule has 0 aromatic carbocycles. The van der Waals surface area contributed by atoms with Crippen LogP contribution in [0.15, 0.2) is 12.3 Å². The zero-order chi connectivity index (χ0) is 9.14. The molecule has 12 heavy (non-hydrogen) atoms. The molecule has 5 heteroatoms. The van der Waals surface area contributed by atoms with Gasteiger partial charge < -0.3 is 0 Å². The SMILES string of the molecule is N#Cc1cc(C(F)F)cnc1F. The van der Waals surface area contributed by atoms with E-state index in [0.717, 1.165) is 6.07 Å². The zero-order valence-electron chi connectivity index (χ0n) is 5.76. The maximum absolute atomic E-state index is 12.5. The van der Waals surface area contributed by atoms with Gasteiger partial charge in [0.15, 0.2) is 0 Å². The summed E-state index contributed by atoms with van der Waals surface area (Å²) in [4.78, 5) is 3.00. The quantitative estimate of drug-likeness (QED) is 0.607. The van der Waals surface area contributed by atoms with Gasteiger partial charge in [0.2, 0.25) is 5.95 Å². The smallest absolute Gasteiger partial charge is 0.227 e. The molecule has 2 nitrogen and oxygen atoms in total. The summed E-state index contributed by atoms with van der Waals surface area (Å²) in [7, 11) is 0. The lowest BCUT2D eigenvalue weighted by atomic mass is 10.2. The van der Waals surface area contributed by atoms with Gasteiger partial charge in [0.1, 0.15) is 11.6 Å². The number of halogens is 3. The Morgan fingerprint density at radius 2 is 2.17 bits per heavy atom. The van der Waals surface area contributed by atoms with E-state index in [1.807, 2.05) is 0 Å². The molecule has 1 heterocycles. The minimum absolute atomic E-state index is 0.451. The Balaban J connectivity index is 3.16. The van der Waals surface area contributed by atoms with E-state index in [0.29, 0.717) is 6.20 Å². The maximum Gasteiger partial charge on any atom is 0.265 e. The van der Waals surface area contributed by atoms with Crippen LogP contribution in [0.1, 0.15) is 17.6 Å². The van der Waals surface area contributed by atoms with Crippen LogP contribution in [-0.4, -0.2) is 4.98 Å². The Morgan fingerprint density at radius 1 is 1.50 bits per heavy atom. The molecule has 0 saturated carbocycles. The average molecular weight is 172 g/mol. The Kier molecular flexibility index (Phi) is 2.29. The molecule has 1 aromatic heterocycles. The second-order valence-electron chi connectivity index (χ2n) is 2.02.